The summed E-state index contributed by atoms with van der Waals surface area (Å²) in [4.78, 5) is 50.3. The minimum absolute atomic E-state index is 0.0160. The molecule has 0 aliphatic carbocycles. The number of Topliss-reactive ketones (excluding diaryl/α,β-unsaturated/α-hetero) is 1. The fraction of sp³-hybridized carbons (Fsp3) is 0.542. The highest BCUT2D eigenvalue weighted by molar-refractivity contribution is 6.30. The summed E-state index contributed by atoms with van der Waals surface area (Å²) < 4.78 is 1.79. The summed E-state index contributed by atoms with van der Waals surface area (Å²) in [5.41, 5.74) is 0.542. The molecule has 3 aliphatic rings. The van der Waals surface area contributed by atoms with Crippen LogP contribution in [0.5, 0.6) is 0 Å². The fourth-order valence-electron chi connectivity index (χ4n) is 4.39. The molecule has 2 saturated heterocycles. The standard InChI is InChI=1S/C24H32ClN6O3/c1-24(2,3)18(32)14-31-19(26-21-20(31)22(33)28(5)23(34)27(21)4)15-29-9-11-30(12-10-29)17-8-6-7-16(25)13-17/h6-8,13,20H,9-12,14-15H2,1-5H3/q+1. The molecular weight excluding hydrogens is 456 g/mol. The van der Waals surface area contributed by atoms with E-state index in [0.29, 0.717) is 23.2 Å². The summed E-state index contributed by atoms with van der Waals surface area (Å²) in [6.07, 6.45) is 0. The Balaban J connectivity index is 1.56. The zero-order chi connectivity index (χ0) is 24.8. The number of piperazine rings is 1. The third-order valence-corrected chi connectivity index (χ3v) is 6.91. The predicted molar refractivity (Wildman–Crippen MR) is 132 cm³/mol. The largest absolute Gasteiger partial charge is 0.369 e. The minimum atomic E-state index is -0.762. The summed E-state index contributed by atoms with van der Waals surface area (Å²) in [7, 11) is 3.09. The Morgan fingerprint density at radius 1 is 1.12 bits per heavy atom. The first-order valence-corrected chi connectivity index (χ1v) is 11.9. The van der Waals surface area contributed by atoms with Crippen molar-refractivity contribution in [2.75, 3.05) is 58.3 Å². The quantitative estimate of drug-likeness (QED) is 0.592. The monoisotopic (exact) mass is 487 g/mol. The number of nitrogens with zero attached hydrogens (tertiary/aromatic N) is 6. The summed E-state index contributed by atoms with van der Waals surface area (Å²) in [5.74, 6) is 0.700. The van der Waals surface area contributed by atoms with Crippen LogP contribution in [0.15, 0.2) is 29.3 Å². The number of benzene rings is 1. The van der Waals surface area contributed by atoms with Gasteiger partial charge in [-0.3, -0.25) is 24.3 Å². The van der Waals surface area contributed by atoms with E-state index in [1.807, 2.05) is 39.0 Å². The lowest BCUT2D eigenvalue weighted by Gasteiger charge is -2.35. The number of likely N-dealkylation sites (N-methyl/N-ethyl adjacent to an activating group) is 2. The Bertz CT molecular complexity index is 1080. The van der Waals surface area contributed by atoms with Crippen molar-refractivity contribution in [2.24, 2.45) is 10.4 Å². The maximum absolute atomic E-state index is 13.1. The molecule has 3 heterocycles. The first kappa shape index (κ1) is 24.3. The van der Waals surface area contributed by atoms with E-state index in [1.54, 1.807) is 11.6 Å². The molecule has 182 valence electrons. The summed E-state index contributed by atoms with van der Waals surface area (Å²) in [5, 5.41) is 0.715. The van der Waals surface area contributed by atoms with Crippen LogP contribution in [0.3, 0.4) is 0 Å². The van der Waals surface area contributed by atoms with Crippen molar-refractivity contribution in [2.45, 2.75) is 26.8 Å². The zero-order valence-electron chi connectivity index (χ0n) is 20.4. The highest BCUT2D eigenvalue weighted by Crippen LogP contribution is 2.23. The van der Waals surface area contributed by atoms with Gasteiger partial charge < -0.3 is 4.90 Å². The van der Waals surface area contributed by atoms with Crippen LogP contribution < -0.4 is 4.90 Å². The molecule has 1 atom stereocenters. The SMILES string of the molecule is CN1C(=O)C2C(=NC(CN3CCN(c4cccc(Cl)c4)CC3)=[N+]2CC(=O)C(C)(C)C)N(C)C1=O. The molecule has 2 fully saturated rings. The van der Waals surface area contributed by atoms with E-state index in [2.05, 4.69) is 15.9 Å². The van der Waals surface area contributed by atoms with E-state index < -0.39 is 17.5 Å². The smallest absolute Gasteiger partial charge is 0.333 e. The molecule has 0 radical (unpaired) electrons. The molecule has 0 N–H and O–H groups in total. The van der Waals surface area contributed by atoms with E-state index in [0.717, 1.165) is 36.8 Å². The molecule has 34 heavy (non-hydrogen) atoms. The van der Waals surface area contributed by atoms with Crippen molar-refractivity contribution in [1.29, 1.82) is 0 Å². The van der Waals surface area contributed by atoms with Crippen LogP contribution in [0.4, 0.5) is 10.5 Å². The van der Waals surface area contributed by atoms with Gasteiger partial charge in [-0.15, -0.1) is 0 Å². The lowest BCUT2D eigenvalue weighted by molar-refractivity contribution is -0.525. The second-order valence-electron chi connectivity index (χ2n) is 10.1. The Kier molecular flexibility index (Phi) is 6.52. The number of ketones is 1. The van der Waals surface area contributed by atoms with Crippen LogP contribution in [0.1, 0.15) is 20.8 Å². The number of carbonyl (C=O) groups excluding carboxylic acids is 3. The molecule has 0 bridgehead atoms. The molecule has 3 amide bonds. The van der Waals surface area contributed by atoms with Gasteiger partial charge in [-0.1, -0.05) is 38.4 Å². The fourth-order valence-corrected chi connectivity index (χ4v) is 4.57. The Labute approximate surface area is 205 Å². The maximum atomic E-state index is 13.1. The van der Waals surface area contributed by atoms with E-state index in [-0.39, 0.29) is 18.2 Å². The van der Waals surface area contributed by atoms with E-state index in [9.17, 15) is 14.4 Å². The summed E-state index contributed by atoms with van der Waals surface area (Å²) >= 11 is 6.15. The normalized spacial score (nSPS) is 21.9. The zero-order valence-corrected chi connectivity index (χ0v) is 21.2. The number of hydrogen-bond donors (Lipinski definition) is 0. The number of carbonyl (C=O) groups is 3. The van der Waals surface area contributed by atoms with Gasteiger partial charge in [0.25, 0.3) is 17.8 Å². The van der Waals surface area contributed by atoms with Crippen LogP contribution in [-0.4, -0.2) is 108 Å². The number of urea groups is 1. The van der Waals surface area contributed by atoms with Crippen molar-refractivity contribution in [1.82, 2.24) is 14.7 Å². The number of rotatable bonds is 5. The van der Waals surface area contributed by atoms with Gasteiger partial charge in [-0.25, -0.2) is 9.37 Å². The molecule has 1 aromatic rings. The van der Waals surface area contributed by atoms with Gasteiger partial charge in [0.1, 0.15) is 13.1 Å². The Morgan fingerprint density at radius 3 is 2.41 bits per heavy atom. The predicted octanol–water partition coefficient (Wildman–Crippen LogP) is 1.79. The van der Waals surface area contributed by atoms with Crippen LogP contribution in [0, 0.1) is 5.41 Å². The van der Waals surface area contributed by atoms with E-state index in [1.165, 1.54) is 11.9 Å². The first-order valence-electron chi connectivity index (χ1n) is 11.5. The molecule has 1 aromatic carbocycles. The molecule has 0 saturated carbocycles. The second-order valence-corrected chi connectivity index (χ2v) is 10.5. The molecule has 1 unspecified atom stereocenters. The van der Waals surface area contributed by atoms with E-state index >= 15 is 0 Å². The van der Waals surface area contributed by atoms with Gasteiger partial charge in [0.2, 0.25) is 0 Å². The third-order valence-electron chi connectivity index (χ3n) is 6.67. The van der Waals surface area contributed by atoms with Crippen molar-refractivity contribution >= 4 is 46.7 Å². The molecule has 10 heteroatoms. The topological polar surface area (TPSA) is 79.5 Å². The number of fused-ring (bicyclic) bond motifs is 1. The number of amides is 3. The molecular formula is C24H32ClN6O3+. The molecule has 9 nitrogen and oxygen atoms in total. The summed E-state index contributed by atoms with van der Waals surface area (Å²) in [6.45, 7) is 9.43. The number of aliphatic imine (C=N–C) groups is 1. The second kappa shape index (κ2) is 9.11. The lowest BCUT2D eigenvalue weighted by atomic mass is 9.90. The highest BCUT2D eigenvalue weighted by Gasteiger charge is 2.53. The van der Waals surface area contributed by atoms with Crippen molar-refractivity contribution < 1.29 is 19.0 Å². The van der Waals surface area contributed by atoms with Crippen LogP contribution in [0.2, 0.25) is 5.02 Å². The van der Waals surface area contributed by atoms with Gasteiger partial charge in [0.05, 0.1) is 0 Å². The third kappa shape index (κ3) is 4.59. The average Bonchev–Trinajstić information content (AvgIpc) is 3.14. The van der Waals surface area contributed by atoms with Crippen molar-refractivity contribution in [3.8, 4) is 0 Å². The Morgan fingerprint density at radius 2 is 1.79 bits per heavy atom. The number of anilines is 1. The molecule has 0 spiro atoms. The summed E-state index contributed by atoms with van der Waals surface area (Å²) in [6, 6.07) is 6.66. The first-order chi connectivity index (χ1) is 16.0. The number of imide groups is 1. The van der Waals surface area contributed by atoms with Crippen LogP contribution in [-0.2, 0) is 9.59 Å². The molecule has 0 aromatic heterocycles. The number of hydrogen-bond acceptors (Lipinski definition) is 6. The average molecular weight is 488 g/mol. The van der Waals surface area contributed by atoms with Crippen molar-refractivity contribution in [3.05, 3.63) is 29.3 Å². The number of amidine groups is 2. The minimum Gasteiger partial charge on any atom is -0.369 e. The van der Waals surface area contributed by atoms with Gasteiger partial charge in [-0.05, 0) is 23.2 Å². The van der Waals surface area contributed by atoms with Crippen LogP contribution >= 0.6 is 11.6 Å². The van der Waals surface area contributed by atoms with Gasteiger partial charge in [0.15, 0.2) is 5.78 Å². The van der Waals surface area contributed by atoms with E-state index in [4.69, 9.17) is 16.6 Å². The highest BCUT2D eigenvalue weighted by atomic mass is 35.5. The molecule has 4 rings (SSSR count). The van der Waals surface area contributed by atoms with Gasteiger partial charge in [0, 0.05) is 56.4 Å². The van der Waals surface area contributed by atoms with Crippen molar-refractivity contribution in [3.63, 3.8) is 0 Å². The van der Waals surface area contributed by atoms with Gasteiger partial charge in [-0.2, -0.15) is 0 Å². The van der Waals surface area contributed by atoms with Gasteiger partial charge >= 0.3 is 11.9 Å². The Hall–Kier alpha value is -2.78. The lowest BCUT2D eigenvalue weighted by Crippen LogP contribution is -2.62. The molecule has 3 aliphatic heterocycles. The number of halogens is 1. The maximum Gasteiger partial charge on any atom is 0.333 e. The van der Waals surface area contributed by atoms with Crippen LogP contribution in [0.25, 0.3) is 0 Å².